The van der Waals surface area contributed by atoms with Gasteiger partial charge in [-0.3, -0.25) is 9.78 Å². The molecule has 0 aromatic carbocycles. The standard InChI is InChI=1S/C11H16N6O6/c1-22-6-5(19)3(2-18)23-9(6)16-7-4(14-11(16)21)8(20)17(13)10(12)15-7/h3,5-6,9,18-19H,2,13H2,1H3,(H2,12,15)(H,14,21)/t3-,5+,6-,9-/m1/s1. The smallest absolute Gasteiger partial charge is 0.330 e. The van der Waals surface area contributed by atoms with Gasteiger partial charge in [-0.15, -0.1) is 0 Å². The lowest BCUT2D eigenvalue weighted by molar-refractivity contribution is -0.0598. The average molecular weight is 328 g/mol. The van der Waals surface area contributed by atoms with Crippen molar-refractivity contribution in [2.24, 2.45) is 0 Å². The number of fused-ring (bicyclic) bond motifs is 1. The van der Waals surface area contributed by atoms with E-state index in [0.29, 0.717) is 4.68 Å². The van der Waals surface area contributed by atoms with Gasteiger partial charge >= 0.3 is 5.69 Å². The van der Waals surface area contributed by atoms with Gasteiger partial charge in [0, 0.05) is 7.11 Å². The zero-order valence-electron chi connectivity index (χ0n) is 12.0. The maximum absolute atomic E-state index is 12.2. The number of nitrogens with one attached hydrogen (secondary N) is 1. The summed E-state index contributed by atoms with van der Waals surface area (Å²) in [4.78, 5) is 30.5. The molecule has 0 saturated carbocycles. The quantitative estimate of drug-likeness (QED) is 0.356. The van der Waals surface area contributed by atoms with Gasteiger partial charge in [-0.05, 0) is 0 Å². The van der Waals surface area contributed by atoms with E-state index in [9.17, 15) is 19.8 Å². The predicted molar refractivity (Wildman–Crippen MR) is 77.0 cm³/mol. The Hall–Kier alpha value is -2.41. The molecule has 0 amide bonds. The summed E-state index contributed by atoms with van der Waals surface area (Å²) in [6.07, 6.45) is -4.17. The summed E-state index contributed by atoms with van der Waals surface area (Å²) in [5.74, 6) is 5.13. The molecule has 12 nitrogen and oxygen atoms in total. The van der Waals surface area contributed by atoms with Gasteiger partial charge in [0.1, 0.15) is 18.3 Å². The maximum atomic E-state index is 12.2. The number of aromatic nitrogens is 4. The molecule has 126 valence electrons. The SMILES string of the molecule is CO[C@@H]1[C@@H](O)[C@@H](CO)O[C@H]1n1c(=O)[nH]c2c(=O)n(N)c(N)nc21. The normalized spacial score (nSPS) is 27.8. The number of rotatable bonds is 3. The molecule has 12 heteroatoms. The van der Waals surface area contributed by atoms with Gasteiger partial charge in [0.25, 0.3) is 5.56 Å². The van der Waals surface area contributed by atoms with Gasteiger partial charge in [0.05, 0.1) is 6.61 Å². The molecule has 0 spiro atoms. The lowest BCUT2D eigenvalue weighted by atomic mass is 10.1. The summed E-state index contributed by atoms with van der Waals surface area (Å²) in [5, 5.41) is 19.3. The highest BCUT2D eigenvalue weighted by atomic mass is 16.6. The molecule has 0 aliphatic carbocycles. The van der Waals surface area contributed by atoms with Crippen molar-refractivity contribution in [1.29, 1.82) is 0 Å². The Balaban J connectivity index is 2.23. The number of ether oxygens (including phenoxy) is 2. The highest BCUT2D eigenvalue weighted by Crippen LogP contribution is 2.31. The maximum Gasteiger partial charge on any atom is 0.330 e. The first kappa shape index (κ1) is 15.5. The summed E-state index contributed by atoms with van der Waals surface area (Å²) in [6.45, 7) is -0.472. The lowest BCUT2D eigenvalue weighted by Gasteiger charge is -2.19. The van der Waals surface area contributed by atoms with Gasteiger partial charge in [-0.2, -0.15) is 9.66 Å². The number of aromatic amines is 1. The van der Waals surface area contributed by atoms with E-state index in [-0.39, 0.29) is 17.1 Å². The number of nitrogen functional groups attached to an aromatic ring is 2. The van der Waals surface area contributed by atoms with Crippen LogP contribution in [0, 0.1) is 0 Å². The summed E-state index contributed by atoms with van der Waals surface area (Å²) >= 11 is 0. The van der Waals surface area contributed by atoms with Crippen LogP contribution >= 0.6 is 0 Å². The largest absolute Gasteiger partial charge is 0.394 e. The molecule has 7 N–H and O–H groups in total. The fourth-order valence-electron chi connectivity index (χ4n) is 2.65. The second-order valence-electron chi connectivity index (χ2n) is 5.08. The van der Waals surface area contributed by atoms with E-state index in [0.717, 1.165) is 4.57 Å². The molecule has 3 rings (SSSR count). The van der Waals surface area contributed by atoms with E-state index in [2.05, 4.69) is 9.97 Å². The molecule has 3 heterocycles. The third-order valence-electron chi connectivity index (χ3n) is 3.82. The number of methoxy groups -OCH3 is 1. The summed E-state index contributed by atoms with van der Waals surface area (Å²) < 4.78 is 12.2. The van der Waals surface area contributed by atoms with E-state index >= 15 is 0 Å². The minimum atomic E-state index is -1.17. The van der Waals surface area contributed by atoms with Crippen molar-refractivity contribution in [3.8, 4) is 0 Å². The third-order valence-corrected chi connectivity index (χ3v) is 3.82. The van der Waals surface area contributed by atoms with Crippen molar-refractivity contribution in [3.05, 3.63) is 20.8 Å². The Morgan fingerprint density at radius 2 is 2.17 bits per heavy atom. The zero-order valence-corrected chi connectivity index (χ0v) is 12.0. The van der Waals surface area contributed by atoms with Gasteiger partial charge in [0.2, 0.25) is 5.95 Å². The Kier molecular flexibility index (Phi) is 3.60. The molecular formula is C11H16N6O6. The van der Waals surface area contributed by atoms with Gasteiger partial charge < -0.3 is 31.3 Å². The molecule has 4 atom stereocenters. The van der Waals surface area contributed by atoms with Crippen molar-refractivity contribution >= 4 is 17.1 Å². The van der Waals surface area contributed by atoms with Gasteiger partial charge in [-0.1, -0.05) is 0 Å². The fourth-order valence-corrected chi connectivity index (χ4v) is 2.65. The lowest BCUT2D eigenvalue weighted by Crippen LogP contribution is -2.36. The second kappa shape index (κ2) is 5.34. The van der Waals surface area contributed by atoms with Crippen LogP contribution in [0.3, 0.4) is 0 Å². The Labute approximate surface area is 127 Å². The van der Waals surface area contributed by atoms with Crippen LogP contribution in [0.4, 0.5) is 5.95 Å². The second-order valence-corrected chi connectivity index (χ2v) is 5.08. The number of nitrogens with two attached hydrogens (primary N) is 2. The highest BCUT2D eigenvalue weighted by molar-refractivity contribution is 5.71. The molecule has 23 heavy (non-hydrogen) atoms. The topological polar surface area (TPSA) is 184 Å². The van der Waals surface area contributed by atoms with Crippen LogP contribution in [-0.2, 0) is 9.47 Å². The number of aliphatic hydroxyl groups excluding tert-OH is 2. The summed E-state index contributed by atoms with van der Waals surface area (Å²) in [7, 11) is 1.32. The van der Waals surface area contributed by atoms with Crippen LogP contribution in [0.1, 0.15) is 6.23 Å². The minimum Gasteiger partial charge on any atom is -0.394 e. The Morgan fingerprint density at radius 1 is 1.48 bits per heavy atom. The first-order valence-electron chi connectivity index (χ1n) is 6.65. The molecule has 0 radical (unpaired) electrons. The van der Waals surface area contributed by atoms with Crippen LogP contribution in [0.15, 0.2) is 9.59 Å². The molecule has 0 bridgehead atoms. The molecule has 1 fully saturated rings. The molecule has 1 aliphatic rings. The molecule has 0 unspecified atom stereocenters. The number of hydrogen-bond acceptors (Lipinski definition) is 9. The number of nitrogens with zero attached hydrogens (tertiary/aromatic N) is 3. The molecule has 2 aromatic heterocycles. The van der Waals surface area contributed by atoms with E-state index in [1.807, 2.05) is 0 Å². The van der Waals surface area contributed by atoms with Crippen LogP contribution < -0.4 is 22.8 Å². The molecule has 1 saturated heterocycles. The highest BCUT2D eigenvalue weighted by Gasteiger charge is 2.46. The number of aliphatic hydroxyl groups is 2. The van der Waals surface area contributed by atoms with E-state index < -0.39 is 42.4 Å². The van der Waals surface area contributed by atoms with Crippen LogP contribution in [0.2, 0.25) is 0 Å². The molecule has 2 aromatic rings. The predicted octanol–water partition coefficient (Wildman–Crippen LogP) is -3.55. The van der Waals surface area contributed by atoms with E-state index in [1.54, 1.807) is 0 Å². The van der Waals surface area contributed by atoms with E-state index in [1.165, 1.54) is 7.11 Å². The van der Waals surface area contributed by atoms with Crippen molar-refractivity contribution in [2.45, 2.75) is 24.5 Å². The van der Waals surface area contributed by atoms with Crippen molar-refractivity contribution in [3.63, 3.8) is 0 Å². The number of anilines is 1. The monoisotopic (exact) mass is 328 g/mol. The van der Waals surface area contributed by atoms with Crippen molar-refractivity contribution in [1.82, 2.24) is 19.2 Å². The zero-order chi connectivity index (χ0) is 16.9. The third kappa shape index (κ3) is 2.11. The van der Waals surface area contributed by atoms with Crippen molar-refractivity contribution in [2.75, 3.05) is 25.3 Å². The molecular weight excluding hydrogens is 312 g/mol. The van der Waals surface area contributed by atoms with E-state index in [4.69, 9.17) is 21.1 Å². The van der Waals surface area contributed by atoms with Gasteiger partial charge in [-0.25, -0.2) is 9.36 Å². The number of hydrogen-bond donors (Lipinski definition) is 5. The first-order chi connectivity index (χ1) is 10.9. The fraction of sp³-hybridized carbons (Fsp3) is 0.545. The molecule has 1 aliphatic heterocycles. The van der Waals surface area contributed by atoms with Gasteiger partial charge in [0.15, 0.2) is 17.4 Å². The Morgan fingerprint density at radius 3 is 2.78 bits per heavy atom. The number of H-pyrrole nitrogens is 1. The minimum absolute atomic E-state index is 0.0861. The van der Waals surface area contributed by atoms with Crippen molar-refractivity contribution < 1.29 is 19.7 Å². The summed E-state index contributed by atoms with van der Waals surface area (Å²) in [5.41, 5.74) is 3.85. The number of imidazole rings is 1. The Bertz CT molecular complexity index is 855. The first-order valence-corrected chi connectivity index (χ1v) is 6.65. The van der Waals surface area contributed by atoms with Crippen LogP contribution in [0.5, 0.6) is 0 Å². The average Bonchev–Trinajstić information content (AvgIpc) is 3.01. The van der Waals surface area contributed by atoms with Crippen LogP contribution in [0.25, 0.3) is 11.2 Å². The summed E-state index contributed by atoms with van der Waals surface area (Å²) in [6, 6.07) is 0. The van der Waals surface area contributed by atoms with Crippen LogP contribution in [-0.4, -0.2) is 61.5 Å².